The van der Waals surface area contributed by atoms with Gasteiger partial charge in [0.2, 0.25) is 0 Å². The number of benzene rings is 1. The number of aromatic nitrogens is 3. The average Bonchev–Trinajstić information content (AvgIpc) is 3.00. The van der Waals surface area contributed by atoms with Crippen LogP contribution in [0.25, 0.3) is 11.0 Å². The van der Waals surface area contributed by atoms with Crippen LogP contribution in [0.2, 0.25) is 0 Å². The fourth-order valence-corrected chi connectivity index (χ4v) is 2.82. The SMILES string of the molecule is ClCCc1nc2ccccc2n1Cc1nccs1. The van der Waals surface area contributed by atoms with Gasteiger partial charge in [-0.2, -0.15) is 0 Å². The van der Waals surface area contributed by atoms with E-state index in [0.29, 0.717) is 5.88 Å². The summed E-state index contributed by atoms with van der Waals surface area (Å²) in [5, 5.41) is 3.09. The van der Waals surface area contributed by atoms with Crippen molar-refractivity contribution in [1.29, 1.82) is 0 Å². The Bertz CT molecular complexity index is 645. The molecule has 0 aliphatic rings. The number of hydrogen-bond acceptors (Lipinski definition) is 3. The van der Waals surface area contributed by atoms with Gasteiger partial charge >= 0.3 is 0 Å². The van der Waals surface area contributed by atoms with E-state index in [0.717, 1.165) is 34.8 Å². The molecule has 1 aromatic carbocycles. The Hall–Kier alpha value is -1.39. The van der Waals surface area contributed by atoms with E-state index in [4.69, 9.17) is 11.6 Å². The van der Waals surface area contributed by atoms with Crippen molar-refractivity contribution in [2.75, 3.05) is 5.88 Å². The van der Waals surface area contributed by atoms with Gasteiger partial charge in [0.15, 0.2) is 0 Å². The molecule has 0 saturated carbocycles. The van der Waals surface area contributed by atoms with Gasteiger partial charge in [0.05, 0.1) is 17.6 Å². The topological polar surface area (TPSA) is 30.7 Å². The summed E-state index contributed by atoms with van der Waals surface area (Å²) in [7, 11) is 0. The Morgan fingerprint density at radius 2 is 2.17 bits per heavy atom. The van der Waals surface area contributed by atoms with Crippen LogP contribution in [-0.4, -0.2) is 20.4 Å². The number of thiazole rings is 1. The van der Waals surface area contributed by atoms with Gasteiger partial charge in [0, 0.05) is 23.9 Å². The highest BCUT2D eigenvalue weighted by Gasteiger charge is 2.10. The molecule has 5 heteroatoms. The number of alkyl halides is 1. The number of para-hydroxylation sites is 2. The molecule has 0 fully saturated rings. The predicted molar refractivity (Wildman–Crippen MR) is 75.4 cm³/mol. The molecule has 0 radical (unpaired) electrons. The minimum atomic E-state index is 0.585. The van der Waals surface area contributed by atoms with Crippen LogP contribution in [0.1, 0.15) is 10.8 Å². The van der Waals surface area contributed by atoms with E-state index in [2.05, 4.69) is 20.6 Å². The summed E-state index contributed by atoms with van der Waals surface area (Å²) in [5.41, 5.74) is 2.17. The van der Waals surface area contributed by atoms with Gasteiger partial charge < -0.3 is 4.57 Å². The van der Waals surface area contributed by atoms with Crippen molar-refractivity contribution in [2.45, 2.75) is 13.0 Å². The average molecular weight is 278 g/mol. The lowest BCUT2D eigenvalue weighted by atomic mass is 10.3. The third-order valence-electron chi connectivity index (χ3n) is 2.83. The molecule has 0 N–H and O–H groups in total. The smallest absolute Gasteiger partial charge is 0.112 e. The summed E-state index contributed by atoms with van der Waals surface area (Å²) in [6.45, 7) is 0.768. The lowest BCUT2D eigenvalue weighted by Crippen LogP contribution is -2.05. The highest BCUT2D eigenvalue weighted by molar-refractivity contribution is 7.09. The molecule has 3 nitrogen and oxygen atoms in total. The third-order valence-corrected chi connectivity index (χ3v) is 3.78. The van der Waals surface area contributed by atoms with E-state index in [-0.39, 0.29) is 0 Å². The Morgan fingerprint density at radius 1 is 1.28 bits per heavy atom. The molecule has 18 heavy (non-hydrogen) atoms. The monoisotopic (exact) mass is 277 g/mol. The zero-order valence-electron chi connectivity index (χ0n) is 9.71. The van der Waals surface area contributed by atoms with Gasteiger partial charge in [0.25, 0.3) is 0 Å². The molecule has 0 unspecified atom stereocenters. The Kier molecular flexibility index (Phi) is 3.30. The molecule has 0 spiro atoms. The zero-order valence-corrected chi connectivity index (χ0v) is 11.3. The quantitative estimate of drug-likeness (QED) is 0.685. The molecule has 0 saturated heterocycles. The van der Waals surface area contributed by atoms with Gasteiger partial charge in [-0.15, -0.1) is 22.9 Å². The van der Waals surface area contributed by atoms with Crippen LogP contribution in [0.3, 0.4) is 0 Å². The maximum absolute atomic E-state index is 5.85. The lowest BCUT2D eigenvalue weighted by Gasteiger charge is -2.05. The van der Waals surface area contributed by atoms with Crippen LogP contribution >= 0.6 is 22.9 Å². The van der Waals surface area contributed by atoms with Crippen LogP contribution in [0.4, 0.5) is 0 Å². The first kappa shape index (κ1) is 11.7. The van der Waals surface area contributed by atoms with E-state index in [1.54, 1.807) is 11.3 Å². The molecule has 3 aromatic rings. The van der Waals surface area contributed by atoms with Gasteiger partial charge in [-0.1, -0.05) is 12.1 Å². The summed E-state index contributed by atoms with van der Waals surface area (Å²) in [6, 6.07) is 8.17. The van der Waals surface area contributed by atoms with Crippen molar-refractivity contribution in [1.82, 2.24) is 14.5 Å². The maximum Gasteiger partial charge on any atom is 0.112 e. The summed E-state index contributed by atoms with van der Waals surface area (Å²) in [5.74, 6) is 1.61. The Labute approximate surface area is 114 Å². The summed E-state index contributed by atoms with van der Waals surface area (Å²) >= 11 is 7.51. The molecule has 0 bridgehead atoms. The van der Waals surface area contributed by atoms with Crippen molar-refractivity contribution in [2.24, 2.45) is 0 Å². The first-order chi connectivity index (χ1) is 8.88. The third kappa shape index (κ3) is 2.13. The molecule has 2 heterocycles. The molecule has 0 amide bonds. The molecule has 0 aliphatic heterocycles. The fourth-order valence-electron chi connectivity index (χ4n) is 2.04. The summed E-state index contributed by atoms with van der Waals surface area (Å²) < 4.78 is 2.20. The summed E-state index contributed by atoms with van der Waals surface area (Å²) in [6.07, 6.45) is 2.61. The minimum absolute atomic E-state index is 0.585. The van der Waals surface area contributed by atoms with Crippen molar-refractivity contribution in [3.05, 3.63) is 46.7 Å². The van der Waals surface area contributed by atoms with Crippen LogP contribution < -0.4 is 0 Å². The van der Waals surface area contributed by atoms with Crippen molar-refractivity contribution in [3.8, 4) is 0 Å². The van der Waals surface area contributed by atoms with Crippen LogP contribution in [-0.2, 0) is 13.0 Å². The molecular weight excluding hydrogens is 266 g/mol. The summed E-state index contributed by atoms with van der Waals surface area (Å²) in [4.78, 5) is 8.97. The molecular formula is C13H12ClN3S. The van der Waals surface area contributed by atoms with Gasteiger partial charge in [0.1, 0.15) is 10.8 Å². The zero-order chi connectivity index (χ0) is 12.4. The van der Waals surface area contributed by atoms with E-state index in [9.17, 15) is 0 Å². The number of imidazole rings is 1. The maximum atomic E-state index is 5.85. The predicted octanol–water partition coefficient (Wildman–Crippen LogP) is 3.32. The number of fused-ring (bicyclic) bond motifs is 1. The van der Waals surface area contributed by atoms with Gasteiger partial charge in [-0.05, 0) is 12.1 Å². The molecule has 0 atom stereocenters. The molecule has 3 rings (SSSR count). The van der Waals surface area contributed by atoms with Crippen molar-refractivity contribution in [3.63, 3.8) is 0 Å². The van der Waals surface area contributed by atoms with Gasteiger partial charge in [-0.25, -0.2) is 9.97 Å². The Morgan fingerprint density at radius 3 is 2.94 bits per heavy atom. The number of hydrogen-bond donors (Lipinski definition) is 0. The highest BCUT2D eigenvalue weighted by atomic mass is 35.5. The second-order valence-electron chi connectivity index (χ2n) is 3.97. The normalized spacial score (nSPS) is 11.2. The molecule has 2 aromatic heterocycles. The fraction of sp³-hybridized carbons (Fsp3) is 0.231. The van der Waals surface area contributed by atoms with E-state index < -0.39 is 0 Å². The number of nitrogens with zero attached hydrogens (tertiary/aromatic N) is 3. The number of rotatable bonds is 4. The van der Waals surface area contributed by atoms with Crippen LogP contribution in [0.5, 0.6) is 0 Å². The van der Waals surface area contributed by atoms with Crippen LogP contribution in [0, 0.1) is 0 Å². The largest absolute Gasteiger partial charge is 0.321 e. The van der Waals surface area contributed by atoms with Crippen LogP contribution in [0.15, 0.2) is 35.8 Å². The van der Waals surface area contributed by atoms with Crippen molar-refractivity contribution < 1.29 is 0 Å². The minimum Gasteiger partial charge on any atom is -0.321 e. The highest BCUT2D eigenvalue weighted by Crippen LogP contribution is 2.19. The molecule has 92 valence electrons. The van der Waals surface area contributed by atoms with E-state index in [1.807, 2.05) is 29.8 Å². The standard InChI is InChI=1S/C13H12ClN3S/c14-6-5-12-16-10-3-1-2-4-11(10)17(12)9-13-15-7-8-18-13/h1-4,7-8H,5-6,9H2. The second-order valence-corrected chi connectivity index (χ2v) is 5.32. The van der Waals surface area contributed by atoms with E-state index in [1.165, 1.54) is 0 Å². The number of aryl methyl sites for hydroxylation is 1. The second kappa shape index (κ2) is 5.08. The number of halogens is 1. The van der Waals surface area contributed by atoms with E-state index >= 15 is 0 Å². The van der Waals surface area contributed by atoms with Gasteiger partial charge in [-0.3, -0.25) is 0 Å². The first-order valence-corrected chi connectivity index (χ1v) is 7.18. The lowest BCUT2D eigenvalue weighted by molar-refractivity contribution is 0.750. The van der Waals surface area contributed by atoms with Crippen molar-refractivity contribution >= 4 is 34.0 Å². The first-order valence-electron chi connectivity index (χ1n) is 5.77. The Balaban J connectivity index is 2.09. The molecule has 0 aliphatic carbocycles.